The van der Waals surface area contributed by atoms with Crippen molar-refractivity contribution < 1.29 is 4.79 Å². The van der Waals surface area contributed by atoms with Crippen LogP contribution in [0.1, 0.15) is 10.4 Å². The van der Waals surface area contributed by atoms with Gasteiger partial charge in [-0.15, -0.1) is 0 Å². The number of para-hydroxylation sites is 1. The summed E-state index contributed by atoms with van der Waals surface area (Å²) in [6, 6.07) is 18.8. The second-order valence-corrected chi connectivity index (χ2v) is 5.52. The Labute approximate surface area is 140 Å². The Morgan fingerprint density at radius 1 is 1.00 bits per heavy atom. The number of hydrogen-bond acceptors (Lipinski definition) is 3. The van der Waals surface area contributed by atoms with Crippen molar-refractivity contribution in [2.45, 2.75) is 0 Å². The van der Waals surface area contributed by atoms with Crippen molar-refractivity contribution in [2.24, 2.45) is 10.9 Å². The number of anilines is 1. The number of allylic oxidation sites excluding steroid dienone is 2. The van der Waals surface area contributed by atoms with Crippen molar-refractivity contribution in [1.29, 1.82) is 0 Å². The minimum atomic E-state index is -0.555. The van der Waals surface area contributed by atoms with Gasteiger partial charge in [-0.05, 0) is 24.3 Å². The van der Waals surface area contributed by atoms with Gasteiger partial charge in [-0.1, -0.05) is 60.1 Å². The van der Waals surface area contributed by atoms with Gasteiger partial charge in [0.2, 0.25) is 0 Å². The molecular weight excluding hydrogens is 308 g/mol. The zero-order valence-electron chi connectivity index (χ0n) is 12.3. The highest BCUT2D eigenvalue weighted by molar-refractivity contribution is 6.32. The number of carbonyl (C=O) groups is 1. The number of nitrogens with zero attached hydrogens (tertiary/aromatic N) is 1. The zero-order valence-corrected chi connectivity index (χ0v) is 13.1. The summed E-state index contributed by atoms with van der Waals surface area (Å²) in [6.45, 7) is 0. The van der Waals surface area contributed by atoms with Crippen molar-refractivity contribution in [3.63, 3.8) is 0 Å². The number of benzene rings is 2. The molecule has 23 heavy (non-hydrogen) atoms. The molecule has 0 spiro atoms. The first-order valence-corrected chi connectivity index (χ1v) is 7.65. The second-order valence-electron chi connectivity index (χ2n) is 5.08. The monoisotopic (exact) mass is 322 g/mol. The lowest BCUT2D eigenvalue weighted by Gasteiger charge is -2.16. The Morgan fingerprint density at radius 2 is 1.65 bits per heavy atom. The molecule has 114 valence electrons. The SMILES string of the molecule is O=C(c1ccccc1)C1C=C(Cl)C=CN=C1Nc1ccccc1. The quantitative estimate of drug-likeness (QED) is 0.836. The summed E-state index contributed by atoms with van der Waals surface area (Å²) in [4.78, 5) is 17.2. The van der Waals surface area contributed by atoms with Crippen LogP contribution >= 0.6 is 11.6 Å². The fraction of sp³-hybridized carbons (Fsp3) is 0.0526. The summed E-state index contributed by atoms with van der Waals surface area (Å²) in [5, 5.41) is 3.71. The third kappa shape index (κ3) is 3.76. The molecule has 0 bridgehead atoms. The number of carbonyl (C=O) groups excluding carboxylic acids is 1. The minimum absolute atomic E-state index is 0.0466. The minimum Gasteiger partial charge on any atom is -0.343 e. The van der Waals surface area contributed by atoms with Gasteiger partial charge < -0.3 is 5.32 Å². The van der Waals surface area contributed by atoms with Crippen molar-refractivity contribution in [3.8, 4) is 0 Å². The highest BCUT2D eigenvalue weighted by Crippen LogP contribution is 2.21. The van der Waals surface area contributed by atoms with Crippen molar-refractivity contribution in [3.05, 3.63) is 89.6 Å². The molecule has 0 amide bonds. The maximum Gasteiger partial charge on any atom is 0.177 e. The largest absolute Gasteiger partial charge is 0.343 e. The number of amidine groups is 1. The van der Waals surface area contributed by atoms with Gasteiger partial charge in [0.25, 0.3) is 0 Å². The topological polar surface area (TPSA) is 41.5 Å². The average molecular weight is 323 g/mol. The lowest BCUT2D eigenvalue weighted by Crippen LogP contribution is -2.28. The molecule has 1 aliphatic rings. The summed E-state index contributed by atoms with van der Waals surface area (Å²) in [5.74, 6) is -0.0494. The molecule has 2 aromatic carbocycles. The maximum atomic E-state index is 12.8. The van der Waals surface area contributed by atoms with Crippen LogP contribution in [0.2, 0.25) is 0 Å². The van der Waals surface area contributed by atoms with Crippen molar-refractivity contribution >= 4 is 28.9 Å². The summed E-state index contributed by atoms with van der Waals surface area (Å²) < 4.78 is 0. The first-order valence-electron chi connectivity index (χ1n) is 7.27. The lowest BCUT2D eigenvalue weighted by atomic mass is 9.95. The summed E-state index contributed by atoms with van der Waals surface area (Å²) in [6.07, 6.45) is 4.99. The van der Waals surface area contributed by atoms with Gasteiger partial charge in [0.1, 0.15) is 11.8 Å². The second kappa shape index (κ2) is 7.07. The summed E-state index contributed by atoms with van der Waals surface area (Å²) in [5.41, 5.74) is 1.50. The number of Topliss-reactive ketones (excluding diaryl/α,β-unsaturated/α-hetero) is 1. The van der Waals surface area contributed by atoms with E-state index in [9.17, 15) is 4.79 Å². The molecule has 0 radical (unpaired) electrons. The molecule has 0 saturated carbocycles. The molecule has 3 rings (SSSR count). The predicted octanol–water partition coefficient (Wildman–Crippen LogP) is 4.65. The lowest BCUT2D eigenvalue weighted by molar-refractivity contribution is 0.0972. The first-order chi connectivity index (χ1) is 11.2. The Morgan fingerprint density at radius 3 is 2.35 bits per heavy atom. The molecule has 1 aliphatic heterocycles. The van der Waals surface area contributed by atoms with Crippen LogP contribution in [-0.4, -0.2) is 11.6 Å². The normalized spacial score (nSPS) is 17.0. The van der Waals surface area contributed by atoms with E-state index in [1.165, 1.54) is 0 Å². The Kier molecular flexibility index (Phi) is 4.69. The molecule has 0 fully saturated rings. The molecule has 0 aromatic heterocycles. The van der Waals surface area contributed by atoms with Gasteiger partial charge >= 0.3 is 0 Å². The number of rotatable bonds is 3. The molecule has 1 atom stereocenters. The molecule has 3 nitrogen and oxygen atoms in total. The van der Waals surface area contributed by atoms with Crippen LogP contribution in [0, 0.1) is 5.92 Å². The zero-order chi connectivity index (χ0) is 16.1. The molecule has 1 unspecified atom stereocenters. The van der Waals surface area contributed by atoms with Crippen LogP contribution in [0.5, 0.6) is 0 Å². The molecule has 2 aromatic rings. The number of nitrogens with one attached hydrogen (secondary N) is 1. The van der Waals surface area contributed by atoms with E-state index in [4.69, 9.17) is 11.6 Å². The van der Waals surface area contributed by atoms with Crippen molar-refractivity contribution in [2.75, 3.05) is 5.32 Å². The van der Waals surface area contributed by atoms with E-state index in [0.717, 1.165) is 5.69 Å². The van der Waals surface area contributed by atoms with Crippen LogP contribution in [0.15, 0.2) is 89.0 Å². The van der Waals surface area contributed by atoms with Crippen molar-refractivity contribution in [1.82, 2.24) is 0 Å². The molecule has 1 heterocycles. The first kappa shape index (κ1) is 15.3. The van der Waals surface area contributed by atoms with Crippen LogP contribution in [0.25, 0.3) is 0 Å². The van der Waals surface area contributed by atoms with E-state index in [1.807, 2.05) is 48.5 Å². The number of ketones is 1. The molecule has 1 N–H and O–H groups in total. The van der Waals surface area contributed by atoms with E-state index >= 15 is 0 Å². The van der Waals surface area contributed by atoms with E-state index in [1.54, 1.807) is 30.5 Å². The van der Waals surface area contributed by atoms with Gasteiger partial charge in [-0.3, -0.25) is 4.79 Å². The maximum absolute atomic E-state index is 12.8. The molecular formula is C19H15ClN2O. The van der Waals surface area contributed by atoms with Gasteiger partial charge in [-0.2, -0.15) is 0 Å². The van der Waals surface area contributed by atoms with Crippen LogP contribution < -0.4 is 5.32 Å². The standard InChI is InChI=1S/C19H15ClN2O/c20-15-11-12-21-19(22-16-9-5-2-6-10-16)17(13-15)18(23)14-7-3-1-4-8-14/h1-13,17H,(H,21,22). The summed E-state index contributed by atoms with van der Waals surface area (Å²) in [7, 11) is 0. The van der Waals surface area contributed by atoms with E-state index in [0.29, 0.717) is 16.4 Å². The molecule has 0 saturated heterocycles. The molecule has 4 heteroatoms. The Balaban J connectivity index is 1.93. The smallest absolute Gasteiger partial charge is 0.177 e. The number of hydrogen-bond donors (Lipinski definition) is 1. The fourth-order valence-electron chi connectivity index (χ4n) is 2.32. The van der Waals surface area contributed by atoms with E-state index in [-0.39, 0.29) is 5.78 Å². The fourth-order valence-corrected chi connectivity index (χ4v) is 2.51. The third-order valence-electron chi connectivity index (χ3n) is 3.45. The van der Waals surface area contributed by atoms with E-state index < -0.39 is 5.92 Å². The van der Waals surface area contributed by atoms with Gasteiger partial charge in [0, 0.05) is 22.5 Å². The average Bonchev–Trinajstić information content (AvgIpc) is 2.77. The highest BCUT2D eigenvalue weighted by Gasteiger charge is 2.25. The van der Waals surface area contributed by atoms with Crippen LogP contribution in [0.3, 0.4) is 0 Å². The van der Waals surface area contributed by atoms with Gasteiger partial charge in [-0.25, -0.2) is 4.99 Å². The van der Waals surface area contributed by atoms with E-state index in [2.05, 4.69) is 10.3 Å². The number of halogens is 1. The third-order valence-corrected chi connectivity index (χ3v) is 3.71. The summed E-state index contributed by atoms with van der Waals surface area (Å²) >= 11 is 6.14. The van der Waals surface area contributed by atoms with Gasteiger partial charge in [0.15, 0.2) is 5.78 Å². The highest BCUT2D eigenvalue weighted by atomic mass is 35.5. The van der Waals surface area contributed by atoms with Gasteiger partial charge in [0.05, 0.1) is 0 Å². The number of aliphatic imine (C=N–C) groups is 1. The Hall–Kier alpha value is -2.65. The predicted molar refractivity (Wildman–Crippen MR) is 94.8 cm³/mol. The van der Waals surface area contributed by atoms with Crippen LogP contribution in [-0.2, 0) is 0 Å². The Bertz CT molecular complexity index is 780. The molecule has 0 aliphatic carbocycles. The van der Waals surface area contributed by atoms with Crippen LogP contribution in [0.4, 0.5) is 5.69 Å².